The van der Waals surface area contributed by atoms with Crippen molar-refractivity contribution in [3.05, 3.63) is 52.5 Å². The molecule has 1 heterocycles. The van der Waals surface area contributed by atoms with Crippen molar-refractivity contribution in [3.8, 4) is 0 Å². The molecule has 0 saturated carbocycles. The molecule has 4 heteroatoms. The summed E-state index contributed by atoms with van der Waals surface area (Å²) in [5, 5.41) is 5.96. The molecule has 18 heavy (non-hydrogen) atoms. The molecule has 3 rings (SSSR count). The molecule has 0 bridgehead atoms. The molecule has 2 aromatic rings. The largest absolute Gasteiger partial charge is 0.303 e. The second-order valence-electron chi connectivity index (χ2n) is 3.90. The van der Waals surface area contributed by atoms with Gasteiger partial charge in [-0.2, -0.15) is 5.10 Å². The van der Waals surface area contributed by atoms with Crippen LogP contribution < -0.4 is 5.43 Å². The Morgan fingerprint density at radius 2 is 1.78 bits per heavy atom. The highest BCUT2D eigenvalue weighted by Gasteiger charge is 2.19. The van der Waals surface area contributed by atoms with Gasteiger partial charge in [-0.1, -0.05) is 42.5 Å². The fraction of sp³-hybridized carbons (Fsp3) is 0. The first-order valence-corrected chi connectivity index (χ1v) is 6.23. The number of rotatable bonds is 1. The Balaban J connectivity index is 2.30. The number of benzene rings is 2. The Labute approximate surface area is 112 Å². The fourth-order valence-corrected chi connectivity index (χ4v) is 2.40. The monoisotopic (exact) mass is 299 g/mol. The molecule has 0 aliphatic carbocycles. The Morgan fingerprint density at radius 1 is 1.00 bits per heavy atom. The van der Waals surface area contributed by atoms with Gasteiger partial charge < -0.3 is 0 Å². The smallest absolute Gasteiger partial charge is 0.264 e. The maximum atomic E-state index is 11.5. The number of hydrogen-bond donors (Lipinski definition) is 0. The lowest BCUT2D eigenvalue weighted by Crippen LogP contribution is -2.16. The molecule has 0 fully saturated rings. The third-order valence-corrected chi connectivity index (χ3v) is 3.61. The Kier molecular flexibility index (Phi) is 2.72. The summed E-state index contributed by atoms with van der Waals surface area (Å²) in [6.45, 7) is 0. The van der Waals surface area contributed by atoms with Crippen LogP contribution in [0, 0.1) is 0 Å². The minimum Gasteiger partial charge on any atom is -0.264 e. The first kappa shape index (κ1) is 11.2. The van der Waals surface area contributed by atoms with Crippen LogP contribution >= 0.6 is 15.9 Å². The van der Waals surface area contributed by atoms with E-state index in [0.717, 1.165) is 21.9 Å². The van der Waals surface area contributed by atoms with E-state index in [1.54, 1.807) is 6.21 Å². The molecular formula is C14H8BrN2O. The van der Waals surface area contributed by atoms with E-state index < -0.39 is 0 Å². The zero-order chi connectivity index (χ0) is 12.5. The number of allylic oxidation sites excluding steroid dienone is 1. The van der Waals surface area contributed by atoms with Crippen molar-refractivity contribution in [2.75, 3.05) is 0 Å². The van der Waals surface area contributed by atoms with Crippen LogP contribution in [-0.4, -0.2) is 12.1 Å². The molecule has 0 atom stereocenters. The average Bonchev–Trinajstić information content (AvgIpc) is 2.41. The number of carbonyl (C=O) groups is 1. The summed E-state index contributed by atoms with van der Waals surface area (Å²) in [6, 6.07) is 14.0. The summed E-state index contributed by atoms with van der Waals surface area (Å²) >= 11 is 3.29. The molecule has 1 aliphatic rings. The van der Waals surface area contributed by atoms with Crippen LogP contribution in [0.5, 0.6) is 0 Å². The molecule has 87 valence electrons. The second kappa shape index (κ2) is 4.38. The van der Waals surface area contributed by atoms with Crippen molar-refractivity contribution in [2.45, 2.75) is 0 Å². The summed E-state index contributed by atoms with van der Waals surface area (Å²) < 4.78 is 0.453. The minimum absolute atomic E-state index is 0.347. The van der Waals surface area contributed by atoms with Gasteiger partial charge in [0.05, 0.1) is 10.7 Å². The molecule has 1 radical (unpaired) electrons. The molecule has 0 N–H and O–H groups in total. The van der Waals surface area contributed by atoms with Crippen molar-refractivity contribution in [1.29, 1.82) is 0 Å². The number of hydrogen-bond acceptors (Lipinski definition) is 2. The van der Waals surface area contributed by atoms with E-state index in [9.17, 15) is 4.79 Å². The highest BCUT2D eigenvalue weighted by molar-refractivity contribution is 9.12. The number of nitrogens with zero attached hydrogens (tertiary/aromatic N) is 2. The summed E-state index contributed by atoms with van der Waals surface area (Å²) in [4.78, 5) is 11.5. The van der Waals surface area contributed by atoms with E-state index in [1.165, 1.54) is 0 Å². The molecule has 0 aromatic heterocycles. The average molecular weight is 300 g/mol. The molecule has 0 spiro atoms. The maximum absolute atomic E-state index is 11.5. The maximum Gasteiger partial charge on any atom is 0.303 e. The first-order chi connectivity index (χ1) is 8.77. The summed E-state index contributed by atoms with van der Waals surface area (Å²) in [5.41, 5.74) is 5.24. The molecule has 0 saturated heterocycles. The van der Waals surface area contributed by atoms with Gasteiger partial charge in [0.15, 0.2) is 0 Å². The van der Waals surface area contributed by atoms with Gasteiger partial charge in [-0.05, 0) is 32.3 Å². The predicted molar refractivity (Wildman–Crippen MR) is 75.4 cm³/mol. The topological polar surface area (TPSA) is 43.5 Å². The van der Waals surface area contributed by atoms with Crippen molar-refractivity contribution in [2.24, 2.45) is 5.10 Å². The zero-order valence-corrected chi connectivity index (χ0v) is 10.9. The van der Waals surface area contributed by atoms with E-state index in [4.69, 9.17) is 0 Å². The van der Waals surface area contributed by atoms with Gasteiger partial charge in [0.1, 0.15) is 0 Å². The van der Waals surface area contributed by atoms with Crippen molar-refractivity contribution < 1.29 is 4.79 Å². The normalized spacial score (nSPS) is 15.1. The first-order valence-electron chi connectivity index (χ1n) is 5.43. The van der Waals surface area contributed by atoms with Crippen LogP contribution in [0.3, 0.4) is 0 Å². The van der Waals surface area contributed by atoms with E-state index in [2.05, 4.69) is 26.5 Å². The zero-order valence-electron chi connectivity index (χ0n) is 9.30. The van der Waals surface area contributed by atoms with Crippen molar-refractivity contribution in [1.82, 2.24) is 5.43 Å². The van der Waals surface area contributed by atoms with Crippen LogP contribution in [0.15, 0.2) is 52.0 Å². The van der Waals surface area contributed by atoms with Crippen molar-refractivity contribution >= 4 is 44.4 Å². The van der Waals surface area contributed by atoms with Crippen LogP contribution in [0.2, 0.25) is 0 Å². The van der Waals surface area contributed by atoms with E-state index >= 15 is 0 Å². The number of halogens is 1. The number of amides is 1. The standard InChI is InChI=1S/C14H8BrN2O/c15-13-12(8-16-17-14(13)18)11-7-3-5-9-4-1-2-6-10(9)11/h1-8H. The van der Waals surface area contributed by atoms with Gasteiger partial charge >= 0.3 is 5.91 Å². The molecule has 0 unspecified atom stereocenters. The van der Waals surface area contributed by atoms with Gasteiger partial charge in [-0.3, -0.25) is 4.79 Å². The SMILES string of the molecule is O=C1[N]N=CC(c2cccc3ccccc23)=C1Br. The molecule has 3 nitrogen and oxygen atoms in total. The quantitative estimate of drug-likeness (QED) is 0.798. The molecule has 2 aromatic carbocycles. The highest BCUT2D eigenvalue weighted by atomic mass is 79.9. The molecule has 1 amide bonds. The minimum atomic E-state index is -0.347. The lowest BCUT2D eigenvalue weighted by molar-refractivity contribution is -0.117. The third kappa shape index (κ3) is 1.75. The van der Waals surface area contributed by atoms with Gasteiger partial charge in [0, 0.05) is 5.57 Å². The third-order valence-electron chi connectivity index (χ3n) is 2.84. The molecule has 1 aliphatic heterocycles. The van der Waals surface area contributed by atoms with E-state index in [-0.39, 0.29) is 5.91 Å². The Bertz CT molecular complexity index is 699. The summed E-state index contributed by atoms with van der Waals surface area (Å²) in [7, 11) is 0. The predicted octanol–water partition coefficient (Wildman–Crippen LogP) is 3.08. The number of carbonyl (C=O) groups excluding carboxylic acids is 1. The number of fused-ring (bicyclic) bond motifs is 1. The lowest BCUT2D eigenvalue weighted by Gasteiger charge is -2.11. The second-order valence-corrected chi connectivity index (χ2v) is 4.70. The van der Waals surface area contributed by atoms with Crippen LogP contribution in [-0.2, 0) is 4.79 Å². The van der Waals surface area contributed by atoms with Gasteiger partial charge in [0.25, 0.3) is 0 Å². The Hall–Kier alpha value is -1.94. The van der Waals surface area contributed by atoms with Crippen LogP contribution in [0.1, 0.15) is 5.56 Å². The molecular weight excluding hydrogens is 292 g/mol. The fourth-order valence-electron chi connectivity index (χ4n) is 2.00. The highest BCUT2D eigenvalue weighted by Crippen LogP contribution is 2.29. The Morgan fingerprint density at radius 3 is 2.67 bits per heavy atom. The van der Waals surface area contributed by atoms with Crippen molar-refractivity contribution in [3.63, 3.8) is 0 Å². The van der Waals surface area contributed by atoms with Crippen LogP contribution in [0.25, 0.3) is 16.3 Å². The van der Waals surface area contributed by atoms with Crippen LogP contribution in [0.4, 0.5) is 0 Å². The van der Waals surface area contributed by atoms with E-state index in [0.29, 0.717) is 4.48 Å². The summed E-state index contributed by atoms with van der Waals surface area (Å²) in [5.74, 6) is -0.347. The van der Waals surface area contributed by atoms with Gasteiger partial charge in [-0.25, -0.2) is 0 Å². The lowest BCUT2D eigenvalue weighted by atomic mass is 9.98. The van der Waals surface area contributed by atoms with Gasteiger partial charge in [0.2, 0.25) is 0 Å². The van der Waals surface area contributed by atoms with E-state index in [1.807, 2.05) is 42.5 Å². The van der Waals surface area contributed by atoms with Gasteiger partial charge in [-0.15, -0.1) is 5.43 Å². The summed E-state index contributed by atoms with van der Waals surface area (Å²) in [6.07, 6.45) is 1.60.